The second-order valence-electron chi connectivity index (χ2n) is 5.39. The summed E-state index contributed by atoms with van der Waals surface area (Å²) in [5.74, 6) is -0.161. The number of amides is 1. The predicted molar refractivity (Wildman–Crippen MR) is 75.5 cm³/mol. The van der Waals surface area contributed by atoms with Crippen LogP contribution in [0, 0.1) is 20.8 Å². The number of carbonyl (C=O) groups is 1. The third kappa shape index (κ3) is 4.33. The molecule has 0 aliphatic carbocycles. The van der Waals surface area contributed by atoms with Crippen LogP contribution in [0.2, 0.25) is 0 Å². The minimum Gasteiger partial charge on any atom is -0.386 e. The van der Waals surface area contributed by atoms with E-state index in [4.69, 9.17) is 4.74 Å². The van der Waals surface area contributed by atoms with Crippen LogP contribution in [0.25, 0.3) is 0 Å². The van der Waals surface area contributed by atoms with Gasteiger partial charge < -0.3 is 15.2 Å². The van der Waals surface area contributed by atoms with Crippen molar-refractivity contribution in [3.8, 4) is 0 Å². The highest BCUT2D eigenvalue weighted by Gasteiger charge is 2.22. The quantitative estimate of drug-likeness (QED) is 0.852. The van der Waals surface area contributed by atoms with E-state index in [2.05, 4.69) is 5.32 Å². The van der Waals surface area contributed by atoms with Crippen molar-refractivity contribution in [1.29, 1.82) is 0 Å². The number of aliphatic hydroxyl groups is 1. The minimum absolute atomic E-state index is 0.159. The van der Waals surface area contributed by atoms with Crippen molar-refractivity contribution in [3.05, 3.63) is 34.4 Å². The van der Waals surface area contributed by atoms with Gasteiger partial charge in [-0.3, -0.25) is 4.79 Å². The van der Waals surface area contributed by atoms with Crippen molar-refractivity contribution in [2.45, 2.75) is 33.3 Å². The fraction of sp³-hybridized carbons (Fsp3) is 0.533. The summed E-state index contributed by atoms with van der Waals surface area (Å²) in [6, 6.07) is 3.96. The van der Waals surface area contributed by atoms with Gasteiger partial charge in [0.2, 0.25) is 0 Å². The topological polar surface area (TPSA) is 58.6 Å². The van der Waals surface area contributed by atoms with E-state index in [9.17, 15) is 9.90 Å². The van der Waals surface area contributed by atoms with Gasteiger partial charge in [0.15, 0.2) is 0 Å². The first kappa shape index (κ1) is 15.7. The van der Waals surface area contributed by atoms with Crippen LogP contribution in [0.1, 0.15) is 34.0 Å². The molecule has 0 heterocycles. The second-order valence-corrected chi connectivity index (χ2v) is 5.39. The molecular weight excluding hydrogens is 242 g/mol. The monoisotopic (exact) mass is 265 g/mol. The number of aryl methyl sites for hydroxylation is 3. The molecule has 0 unspecified atom stereocenters. The van der Waals surface area contributed by atoms with Gasteiger partial charge in [0.05, 0.1) is 6.61 Å². The Morgan fingerprint density at radius 2 is 1.84 bits per heavy atom. The van der Waals surface area contributed by atoms with Crippen molar-refractivity contribution in [2.24, 2.45) is 0 Å². The lowest BCUT2D eigenvalue weighted by molar-refractivity contribution is -0.0147. The standard InChI is InChI=1S/C15H23NO3/c1-10-6-11(2)13(12(3)7-10)14(17)16-8-15(4,18)9-19-5/h6-7,18H,8-9H2,1-5H3,(H,16,17)/t15-/m1/s1. The highest BCUT2D eigenvalue weighted by atomic mass is 16.5. The van der Waals surface area contributed by atoms with E-state index in [0.29, 0.717) is 5.56 Å². The zero-order valence-corrected chi connectivity index (χ0v) is 12.3. The number of carbonyl (C=O) groups excluding carboxylic acids is 1. The number of ether oxygens (including phenoxy) is 1. The number of hydrogen-bond acceptors (Lipinski definition) is 3. The predicted octanol–water partition coefficient (Wildman–Crippen LogP) is 1.74. The molecule has 1 aromatic carbocycles. The number of methoxy groups -OCH3 is 1. The molecule has 0 radical (unpaired) electrons. The Labute approximate surface area is 114 Å². The molecule has 0 spiro atoms. The number of nitrogens with one attached hydrogen (secondary N) is 1. The van der Waals surface area contributed by atoms with Crippen LogP contribution in [-0.4, -0.2) is 36.9 Å². The number of benzene rings is 1. The summed E-state index contributed by atoms with van der Waals surface area (Å²) >= 11 is 0. The Hall–Kier alpha value is -1.39. The van der Waals surface area contributed by atoms with Crippen molar-refractivity contribution in [1.82, 2.24) is 5.32 Å². The molecule has 0 fully saturated rings. The van der Waals surface area contributed by atoms with Crippen LogP contribution in [-0.2, 0) is 4.74 Å². The van der Waals surface area contributed by atoms with E-state index < -0.39 is 5.60 Å². The average molecular weight is 265 g/mol. The summed E-state index contributed by atoms with van der Waals surface area (Å²) in [4.78, 5) is 12.2. The van der Waals surface area contributed by atoms with Gasteiger partial charge in [0.1, 0.15) is 5.60 Å². The van der Waals surface area contributed by atoms with Gasteiger partial charge in [-0.25, -0.2) is 0 Å². The third-order valence-corrected chi connectivity index (χ3v) is 2.99. The first-order valence-corrected chi connectivity index (χ1v) is 6.34. The Kier molecular flexibility index (Phi) is 5.09. The lowest BCUT2D eigenvalue weighted by atomic mass is 9.99. The van der Waals surface area contributed by atoms with Crippen LogP contribution in [0.5, 0.6) is 0 Å². The molecule has 1 amide bonds. The zero-order chi connectivity index (χ0) is 14.6. The molecule has 0 saturated heterocycles. The first-order chi connectivity index (χ1) is 8.76. The Balaban J connectivity index is 2.80. The van der Waals surface area contributed by atoms with Crippen LogP contribution < -0.4 is 5.32 Å². The molecule has 19 heavy (non-hydrogen) atoms. The van der Waals surface area contributed by atoms with Gasteiger partial charge in [0, 0.05) is 19.2 Å². The van der Waals surface area contributed by atoms with Crippen LogP contribution >= 0.6 is 0 Å². The summed E-state index contributed by atoms with van der Waals surface area (Å²) in [5.41, 5.74) is 2.65. The lowest BCUT2D eigenvalue weighted by Crippen LogP contribution is -2.44. The Morgan fingerprint density at radius 3 is 2.32 bits per heavy atom. The molecule has 0 aromatic heterocycles. The van der Waals surface area contributed by atoms with E-state index >= 15 is 0 Å². The van der Waals surface area contributed by atoms with Crippen LogP contribution in [0.4, 0.5) is 0 Å². The van der Waals surface area contributed by atoms with Crippen LogP contribution in [0.15, 0.2) is 12.1 Å². The zero-order valence-electron chi connectivity index (χ0n) is 12.3. The molecule has 1 rings (SSSR count). The highest BCUT2D eigenvalue weighted by molar-refractivity contribution is 5.97. The maximum atomic E-state index is 12.2. The highest BCUT2D eigenvalue weighted by Crippen LogP contribution is 2.16. The smallest absolute Gasteiger partial charge is 0.251 e. The summed E-state index contributed by atoms with van der Waals surface area (Å²) in [6.45, 7) is 7.81. The Morgan fingerprint density at radius 1 is 1.32 bits per heavy atom. The SMILES string of the molecule is COC[C@](C)(O)CNC(=O)c1c(C)cc(C)cc1C. The molecule has 0 aliphatic heterocycles. The van der Waals surface area contributed by atoms with Gasteiger partial charge in [0.25, 0.3) is 5.91 Å². The van der Waals surface area contributed by atoms with Crippen molar-refractivity contribution >= 4 is 5.91 Å². The van der Waals surface area contributed by atoms with Gasteiger partial charge in [-0.2, -0.15) is 0 Å². The van der Waals surface area contributed by atoms with Crippen molar-refractivity contribution in [2.75, 3.05) is 20.3 Å². The van der Waals surface area contributed by atoms with Gasteiger partial charge in [-0.1, -0.05) is 17.7 Å². The maximum absolute atomic E-state index is 12.2. The molecule has 1 atom stereocenters. The van der Waals surface area contributed by atoms with Crippen molar-refractivity contribution < 1.29 is 14.6 Å². The van der Waals surface area contributed by atoms with E-state index in [1.165, 1.54) is 7.11 Å². The fourth-order valence-electron chi connectivity index (χ4n) is 2.26. The molecule has 0 aliphatic rings. The van der Waals surface area contributed by atoms with E-state index in [0.717, 1.165) is 16.7 Å². The molecule has 2 N–H and O–H groups in total. The van der Waals surface area contributed by atoms with Crippen LogP contribution in [0.3, 0.4) is 0 Å². The minimum atomic E-state index is -1.06. The van der Waals surface area contributed by atoms with E-state index in [1.54, 1.807) is 6.92 Å². The number of hydrogen-bond donors (Lipinski definition) is 2. The molecule has 106 valence electrons. The molecule has 0 saturated carbocycles. The molecular formula is C15H23NO3. The average Bonchev–Trinajstić information content (AvgIpc) is 2.25. The molecule has 4 heteroatoms. The molecule has 4 nitrogen and oxygen atoms in total. The Bertz CT molecular complexity index is 443. The summed E-state index contributed by atoms with van der Waals surface area (Å²) in [5, 5.41) is 12.7. The maximum Gasteiger partial charge on any atom is 0.251 e. The second kappa shape index (κ2) is 6.17. The normalized spacial score (nSPS) is 14.0. The van der Waals surface area contributed by atoms with Crippen molar-refractivity contribution in [3.63, 3.8) is 0 Å². The number of rotatable bonds is 5. The fourth-order valence-corrected chi connectivity index (χ4v) is 2.26. The first-order valence-electron chi connectivity index (χ1n) is 6.34. The van der Waals surface area contributed by atoms with Gasteiger partial charge in [-0.05, 0) is 38.8 Å². The molecule has 1 aromatic rings. The van der Waals surface area contributed by atoms with E-state index in [1.807, 2.05) is 32.9 Å². The van der Waals surface area contributed by atoms with Gasteiger partial charge in [-0.15, -0.1) is 0 Å². The summed E-state index contributed by atoms with van der Waals surface area (Å²) < 4.78 is 4.91. The third-order valence-electron chi connectivity index (χ3n) is 2.99. The lowest BCUT2D eigenvalue weighted by Gasteiger charge is -2.23. The molecule has 0 bridgehead atoms. The summed E-state index contributed by atoms with van der Waals surface area (Å²) in [7, 11) is 1.52. The largest absolute Gasteiger partial charge is 0.386 e. The van der Waals surface area contributed by atoms with Gasteiger partial charge >= 0.3 is 0 Å². The van der Waals surface area contributed by atoms with E-state index in [-0.39, 0.29) is 19.1 Å². The summed E-state index contributed by atoms with van der Waals surface area (Å²) in [6.07, 6.45) is 0.